The summed E-state index contributed by atoms with van der Waals surface area (Å²) >= 11 is 0. The second kappa shape index (κ2) is 7.84. The van der Waals surface area contributed by atoms with Gasteiger partial charge in [0.25, 0.3) is 0 Å². The quantitative estimate of drug-likeness (QED) is 0.438. The van der Waals surface area contributed by atoms with Gasteiger partial charge in [0, 0.05) is 12.2 Å². The third kappa shape index (κ3) is 5.65. The lowest BCUT2D eigenvalue weighted by molar-refractivity contribution is -0.140. The molecule has 4 nitrogen and oxygen atoms in total. The summed E-state index contributed by atoms with van der Waals surface area (Å²) in [6.45, 7) is 3.68. The van der Waals surface area contributed by atoms with E-state index in [1.165, 1.54) is 6.08 Å². The molecular weight excluding hydrogens is 232 g/mol. The van der Waals surface area contributed by atoms with Crippen molar-refractivity contribution in [3.63, 3.8) is 0 Å². The number of benzene rings is 1. The number of rotatable bonds is 6. The number of esters is 2. The van der Waals surface area contributed by atoms with Gasteiger partial charge in [-0.3, -0.25) is 0 Å². The second-order valence-electron chi connectivity index (χ2n) is 3.35. The first-order chi connectivity index (χ1) is 8.72. The van der Waals surface area contributed by atoms with E-state index in [-0.39, 0.29) is 13.2 Å². The van der Waals surface area contributed by atoms with E-state index in [0.717, 1.165) is 17.7 Å². The SMILES string of the molecule is C=CCOC(=O)C=CC(=O)OCc1ccccc1. The first-order valence-corrected chi connectivity index (χ1v) is 5.39. The fraction of sp³-hybridized carbons (Fsp3) is 0.143. The Kier molecular flexibility index (Phi) is 5.97. The first kappa shape index (κ1) is 13.7. The number of carbonyl (C=O) groups excluding carboxylic acids is 2. The van der Waals surface area contributed by atoms with Gasteiger partial charge in [-0.2, -0.15) is 0 Å². The average molecular weight is 246 g/mol. The highest BCUT2D eigenvalue weighted by molar-refractivity contribution is 5.91. The van der Waals surface area contributed by atoms with E-state index in [1.807, 2.05) is 30.3 Å². The maximum absolute atomic E-state index is 11.3. The van der Waals surface area contributed by atoms with Gasteiger partial charge < -0.3 is 9.47 Å². The standard InChI is InChI=1S/C14H14O4/c1-2-10-17-13(15)8-9-14(16)18-11-12-6-4-3-5-7-12/h2-9H,1,10-11H2. The topological polar surface area (TPSA) is 52.6 Å². The minimum absolute atomic E-state index is 0.113. The van der Waals surface area contributed by atoms with Crippen LogP contribution in [0.2, 0.25) is 0 Å². The van der Waals surface area contributed by atoms with Gasteiger partial charge in [0.1, 0.15) is 13.2 Å². The van der Waals surface area contributed by atoms with Crippen molar-refractivity contribution in [1.29, 1.82) is 0 Å². The van der Waals surface area contributed by atoms with Gasteiger partial charge in [-0.25, -0.2) is 9.59 Å². The molecule has 0 amide bonds. The zero-order valence-electron chi connectivity index (χ0n) is 9.87. The summed E-state index contributed by atoms with van der Waals surface area (Å²) in [6.07, 6.45) is 3.50. The lowest BCUT2D eigenvalue weighted by atomic mass is 10.2. The van der Waals surface area contributed by atoms with Gasteiger partial charge in [-0.15, -0.1) is 0 Å². The zero-order chi connectivity index (χ0) is 13.2. The normalized spacial score (nSPS) is 10.0. The molecule has 94 valence electrons. The third-order valence-electron chi connectivity index (χ3n) is 1.92. The zero-order valence-corrected chi connectivity index (χ0v) is 9.87. The maximum Gasteiger partial charge on any atom is 0.331 e. The largest absolute Gasteiger partial charge is 0.458 e. The molecule has 0 aliphatic heterocycles. The summed E-state index contributed by atoms with van der Waals surface area (Å²) in [7, 11) is 0. The van der Waals surface area contributed by atoms with Crippen LogP contribution in [0.15, 0.2) is 55.1 Å². The Hall–Kier alpha value is -2.36. The number of ether oxygens (including phenoxy) is 2. The average Bonchev–Trinajstić information content (AvgIpc) is 2.41. The molecular formula is C14H14O4. The fourth-order valence-electron chi connectivity index (χ4n) is 1.10. The molecule has 0 bridgehead atoms. The van der Waals surface area contributed by atoms with Crippen LogP contribution in [0.5, 0.6) is 0 Å². The molecule has 1 rings (SSSR count). The van der Waals surface area contributed by atoms with Crippen molar-refractivity contribution in [2.24, 2.45) is 0 Å². The first-order valence-electron chi connectivity index (χ1n) is 5.39. The molecule has 0 atom stereocenters. The smallest absolute Gasteiger partial charge is 0.331 e. The van der Waals surface area contributed by atoms with Gasteiger partial charge in [0.2, 0.25) is 0 Å². The van der Waals surface area contributed by atoms with Gasteiger partial charge in [0.05, 0.1) is 0 Å². The molecule has 0 aliphatic rings. The molecule has 0 spiro atoms. The molecule has 0 fully saturated rings. The minimum atomic E-state index is -0.605. The predicted octanol–water partition coefficient (Wildman–Crippen LogP) is 2.02. The van der Waals surface area contributed by atoms with Crippen molar-refractivity contribution in [3.8, 4) is 0 Å². The van der Waals surface area contributed by atoms with Gasteiger partial charge in [0.15, 0.2) is 0 Å². The van der Waals surface area contributed by atoms with Crippen LogP contribution in [0, 0.1) is 0 Å². The summed E-state index contributed by atoms with van der Waals surface area (Å²) in [4.78, 5) is 22.3. The Morgan fingerprint density at radius 3 is 2.28 bits per heavy atom. The summed E-state index contributed by atoms with van der Waals surface area (Å²) < 4.78 is 9.58. The molecule has 1 aromatic rings. The number of carbonyl (C=O) groups is 2. The van der Waals surface area contributed by atoms with E-state index in [4.69, 9.17) is 4.74 Å². The van der Waals surface area contributed by atoms with Crippen LogP contribution >= 0.6 is 0 Å². The molecule has 1 aromatic carbocycles. The van der Waals surface area contributed by atoms with Gasteiger partial charge >= 0.3 is 11.9 Å². The molecule has 0 aliphatic carbocycles. The highest BCUT2D eigenvalue weighted by Crippen LogP contribution is 2.00. The Bertz CT molecular complexity index is 434. The van der Waals surface area contributed by atoms with E-state index < -0.39 is 11.9 Å². The second-order valence-corrected chi connectivity index (χ2v) is 3.35. The molecule has 0 aromatic heterocycles. The Morgan fingerprint density at radius 2 is 1.67 bits per heavy atom. The molecule has 18 heavy (non-hydrogen) atoms. The van der Waals surface area contributed by atoms with E-state index >= 15 is 0 Å². The van der Waals surface area contributed by atoms with E-state index in [2.05, 4.69) is 11.3 Å². The number of hydrogen-bond donors (Lipinski definition) is 0. The van der Waals surface area contributed by atoms with Crippen molar-refractivity contribution in [3.05, 3.63) is 60.7 Å². The van der Waals surface area contributed by atoms with Crippen LogP contribution in [0.3, 0.4) is 0 Å². The van der Waals surface area contributed by atoms with Crippen LogP contribution in [-0.2, 0) is 25.7 Å². The Balaban J connectivity index is 2.31. The van der Waals surface area contributed by atoms with Crippen LogP contribution < -0.4 is 0 Å². The molecule has 0 N–H and O–H groups in total. The van der Waals surface area contributed by atoms with Crippen LogP contribution in [0.4, 0.5) is 0 Å². The lowest BCUT2D eigenvalue weighted by Crippen LogP contribution is -2.04. The molecule has 0 saturated carbocycles. The highest BCUT2D eigenvalue weighted by Gasteiger charge is 2.00. The Labute approximate surface area is 106 Å². The minimum Gasteiger partial charge on any atom is -0.458 e. The van der Waals surface area contributed by atoms with Crippen LogP contribution in [0.1, 0.15) is 5.56 Å². The maximum atomic E-state index is 11.3. The fourth-order valence-corrected chi connectivity index (χ4v) is 1.10. The van der Waals surface area contributed by atoms with E-state index in [1.54, 1.807) is 0 Å². The van der Waals surface area contributed by atoms with Crippen LogP contribution in [-0.4, -0.2) is 18.5 Å². The van der Waals surface area contributed by atoms with Crippen molar-refractivity contribution in [1.82, 2.24) is 0 Å². The van der Waals surface area contributed by atoms with Gasteiger partial charge in [-0.1, -0.05) is 43.0 Å². The third-order valence-corrected chi connectivity index (χ3v) is 1.92. The lowest BCUT2D eigenvalue weighted by Gasteiger charge is -2.01. The van der Waals surface area contributed by atoms with E-state index in [0.29, 0.717) is 0 Å². The van der Waals surface area contributed by atoms with Crippen molar-refractivity contribution in [2.75, 3.05) is 6.61 Å². The molecule has 0 saturated heterocycles. The highest BCUT2D eigenvalue weighted by atomic mass is 16.5. The summed E-state index contributed by atoms with van der Waals surface area (Å²) in [5, 5.41) is 0. The molecule has 0 unspecified atom stereocenters. The summed E-state index contributed by atoms with van der Waals surface area (Å²) in [6, 6.07) is 9.27. The van der Waals surface area contributed by atoms with Crippen LogP contribution in [0.25, 0.3) is 0 Å². The monoisotopic (exact) mass is 246 g/mol. The number of hydrogen-bond acceptors (Lipinski definition) is 4. The molecule has 0 heterocycles. The van der Waals surface area contributed by atoms with Crippen molar-refractivity contribution < 1.29 is 19.1 Å². The van der Waals surface area contributed by atoms with Crippen molar-refractivity contribution >= 4 is 11.9 Å². The predicted molar refractivity (Wildman–Crippen MR) is 66.5 cm³/mol. The van der Waals surface area contributed by atoms with E-state index in [9.17, 15) is 9.59 Å². The van der Waals surface area contributed by atoms with Gasteiger partial charge in [-0.05, 0) is 5.56 Å². The van der Waals surface area contributed by atoms with Crippen molar-refractivity contribution in [2.45, 2.75) is 6.61 Å². The molecule has 0 radical (unpaired) electrons. The summed E-state index contributed by atoms with van der Waals surface area (Å²) in [5.74, 6) is -1.19. The Morgan fingerprint density at radius 1 is 1.06 bits per heavy atom. The summed E-state index contributed by atoms with van der Waals surface area (Å²) in [5.41, 5.74) is 0.883. The molecule has 4 heteroatoms.